The van der Waals surface area contributed by atoms with E-state index in [-0.39, 0.29) is 13.0 Å². The largest absolute Gasteiger partial charge is 0.480 e. The first-order valence-electron chi connectivity index (χ1n) is 6.02. The number of aliphatic carboxylic acids is 1. The Morgan fingerprint density at radius 3 is 2.58 bits per heavy atom. The first-order valence-corrected chi connectivity index (χ1v) is 6.02. The van der Waals surface area contributed by atoms with Crippen molar-refractivity contribution in [2.24, 2.45) is 5.73 Å². The fourth-order valence-corrected chi connectivity index (χ4v) is 1.74. The fraction of sp³-hybridized carbons (Fsp3) is 0.385. The van der Waals surface area contributed by atoms with Crippen molar-refractivity contribution in [2.75, 3.05) is 13.2 Å². The number of hydrogen-bond acceptors (Lipinski definition) is 4. The molecule has 0 fully saturated rings. The molecule has 0 aliphatic carbocycles. The lowest BCUT2D eigenvalue weighted by atomic mass is 10.0. The Morgan fingerprint density at radius 2 is 2.00 bits per heavy atom. The van der Waals surface area contributed by atoms with Crippen LogP contribution in [0.15, 0.2) is 24.3 Å². The van der Waals surface area contributed by atoms with Crippen LogP contribution in [0, 0.1) is 0 Å². The number of carbonyl (C=O) groups is 2. The first kappa shape index (κ1) is 15.1. The zero-order valence-electron chi connectivity index (χ0n) is 10.5. The molecule has 0 heterocycles. The molecule has 1 rings (SSSR count). The first-order chi connectivity index (χ1) is 9.10. The SMILES string of the molecule is NCCc1ccccc1C(=O)NC(CCO)C(=O)O. The van der Waals surface area contributed by atoms with Gasteiger partial charge in [-0.05, 0) is 24.6 Å². The molecule has 0 spiro atoms. The lowest BCUT2D eigenvalue weighted by Gasteiger charge is -2.15. The van der Waals surface area contributed by atoms with E-state index in [1.165, 1.54) is 0 Å². The topological polar surface area (TPSA) is 113 Å². The molecule has 1 unspecified atom stereocenters. The van der Waals surface area contributed by atoms with Gasteiger partial charge in [-0.1, -0.05) is 18.2 Å². The lowest BCUT2D eigenvalue weighted by molar-refractivity contribution is -0.139. The van der Waals surface area contributed by atoms with Crippen LogP contribution in [0.1, 0.15) is 22.3 Å². The van der Waals surface area contributed by atoms with E-state index in [0.717, 1.165) is 5.56 Å². The molecule has 5 N–H and O–H groups in total. The summed E-state index contributed by atoms with van der Waals surface area (Å²) in [6, 6.07) is 5.81. The molecular weight excluding hydrogens is 248 g/mol. The van der Waals surface area contributed by atoms with Crippen molar-refractivity contribution >= 4 is 11.9 Å². The maximum Gasteiger partial charge on any atom is 0.326 e. The van der Waals surface area contributed by atoms with Gasteiger partial charge in [-0.3, -0.25) is 4.79 Å². The van der Waals surface area contributed by atoms with Crippen LogP contribution in [0.2, 0.25) is 0 Å². The smallest absolute Gasteiger partial charge is 0.326 e. The Bertz CT molecular complexity index is 448. The van der Waals surface area contributed by atoms with Crippen LogP contribution in [-0.2, 0) is 11.2 Å². The number of aliphatic hydroxyl groups is 1. The van der Waals surface area contributed by atoms with Crippen molar-refractivity contribution < 1.29 is 19.8 Å². The molecule has 0 aliphatic heterocycles. The van der Waals surface area contributed by atoms with Crippen LogP contribution in [0.4, 0.5) is 0 Å². The minimum Gasteiger partial charge on any atom is -0.480 e. The zero-order valence-corrected chi connectivity index (χ0v) is 10.5. The third-order valence-electron chi connectivity index (χ3n) is 2.70. The minimum atomic E-state index is -1.17. The molecule has 6 nitrogen and oxygen atoms in total. The van der Waals surface area contributed by atoms with Gasteiger partial charge in [-0.2, -0.15) is 0 Å². The highest BCUT2D eigenvalue weighted by atomic mass is 16.4. The molecule has 0 radical (unpaired) electrons. The number of carbonyl (C=O) groups excluding carboxylic acids is 1. The molecule has 0 saturated carbocycles. The van der Waals surface area contributed by atoms with Crippen LogP contribution >= 0.6 is 0 Å². The molecule has 0 aromatic heterocycles. The summed E-state index contributed by atoms with van der Waals surface area (Å²) in [6.07, 6.45) is 0.515. The van der Waals surface area contributed by atoms with Crippen LogP contribution in [0.5, 0.6) is 0 Å². The van der Waals surface area contributed by atoms with Crippen molar-refractivity contribution in [3.8, 4) is 0 Å². The van der Waals surface area contributed by atoms with E-state index in [9.17, 15) is 9.59 Å². The van der Waals surface area contributed by atoms with Gasteiger partial charge in [0.25, 0.3) is 5.91 Å². The van der Waals surface area contributed by atoms with E-state index in [2.05, 4.69) is 5.32 Å². The molecule has 0 saturated heterocycles. The summed E-state index contributed by atoms with van der Waals surface area (Å²) in [7, 11) is 0. The Labute approximate surface area is 111 Å². The number of benzene rings is 1. The maximum absolute atomic E-state index is 12.0. The fourth-order valence-electron chi connectivity index (χ4n) is 1.74. The number of nitrogens with two attached hydrogens (primary N) is 1. The van der Waals surface area contributed by atoms with Gasteiger partial charge in [0.2, 0.25) is 0 Å². The van der Waals surface area contributed by atoms with Gasteiger partial charge in [0, 0.05) is 18.6 Å². The molecule has 1 atom stereocenters. The number of carboxylic acid groups (broad SMARTS) is 1. The molecule has 1 aromatic rings. The highest BCUT2D eigenvalue weighted by Gasteiger charge is 2.21. The van der Waals surface area contributed by atoms with Crippen LogP contribution in [-0.4, -0.2) is 41.3 Å². The average Bonchev–Trinajstić information content (AvgIpc) is 2.39. The summed E-state index contributed by atoms with van der Waals surface area (Å²) >= 11 is 0. The lowest BCUT2D eigenvalue weighted by Crippen LogP contribution is -2.41. The minimum absolute atomic E-state index is 0.0276. The molecule has 19 heavy (non-hydrogen) atoms. The summed E-state index contributed by atoms with van der Waals surface area (Å²) in [6.45, 7) is 0.102. The van der Waals surface area contributed by atoms with Gasteiger partial charge in [0.05, 0.1) is 0 Å². The van der Waals surface area contributed by atoms with Gasteiger partial charge in [-0.15, -0.1) is 0 Å². The van der Waals surface area contributed by atoms with E-state index in [4.69, 9.17) is 15.9 Å². The Morgan fingerprint density at radius 1 is 1.32 bits per heavy atom. The second-order valence-corrected chi connectivity index (χ2v) is 4.07. The summed E-state index contributed by atoms with van der Waals surface area (Å²) in [5.41, 5.74) is 6.66. The van der Waals surface area contributed by atoms with E-state index >= 15 is 0 Å². The van der Waals surface area contributed by atoms with E-state index in [1.807, 2.05) is 0 Å². The number of carboxylic acids is 1. The van der Waals surface area contributed by atoms with Crippen molar-refractivity contribution in [3.63, 3.8) is 0 Å². The number of rotatable bonds is 7. The number of nitrogens with one attached hydrogen (secondary N) is 1. The monoisotopic (exact) mass is 266 g/mol. The van der Waals surface area contributed by atoms with Gasteiger partial charge in [0.1, 0.15) is 6.04 Å². The van der Waals surface area contributed by atoms with Crippen LogP contribution in [0.25, 0.3) is 0 Å². The van der Waals surface area contributed by atoms with Crippen molar-refractivity contribution in [2.45, 2.75) is 18.9 Å². The van der Waals surface area contributed by atoms with Crippen LogP contribution < -0.4 is 11.1 Å². The molecule has 0 bridgehead atoms. The second-order valence-electron chi connectivity index (χ2n) is 4.07. The zero-order chi connectivity index (χ0) is 14.3. The van der Waals surface area contributed by atoms with E-state index < -0.39 is 17.9 Å². The van der Waals surface area contributed by atoms with Crippen molar-refractivity contribution in [3.05, 3.63) is 35.4 Å². The Kier molecular flexibility index (Phi) is 5.98. The molecule has 0 aliphatic rings. The summed E-state index contributed by atoms with van der Waals surface area (Å²) in [5, 5.41) is 20.1. The van der Waals surface area contributed by atoms with Crippen molar-refractivity contribution in [1.29, 1.82) is 0 Å². The standard InChI is InChI=1S/C13H18N2O4/c14-7-5-9-3-1-2-4-10(9)12(17)15-11(6-8-16)13(18)19/h1-4,11,16H,5-8,14H2,(H,15,17)(H,18,19). The van der Waals surface area contributed by atoms with E-state index in [0.29, 0.717) is 18.5 Å². The summed E-state index contributed by atoms with van der Waals surface area (Å²) in [4.78, 5) is 23.0. The average molecular weight is 266 g/mol. The predicted molar refractivity (Wildman–Crippen MR) is 69.8 cm³/mol. The quantitative estimate of drug-likeness (QED) is 0.544. The third kappa shape index (κ3) is 4.35. The van der Waals surface area contributed by atoms with Gasteiger partial charge >= 0.3 is 5.97 Å². The van der Waals surface area contributed by atoms with Gasteiger partial charge < -0.3 is 21.3 Å². The number of aliphatic hydroxyl groups excluding tert-OH is 1. The van der Waals surface area contributed by atoms with E-state index in [1.54, 1.807) is 24.3 Å². The Hall–Kier alpha value is -1.92. The summed E-state index contributed by atoms with van der Waals surface area (Å²) < 4.78 is 0. The highest BCUT2D eigenvalue weighted by molar-refractivity contribution is 5.97. The molecule has 6 heteroatoms. The highest BCUT2D eigenvalue weighted by Crippen LogP contribution is 2.09. The Balaban J connectivity index is 2.84. The van der Waals surface area contributed by atoms with Gasteiger partial charge in [-0.25, -0.2) is 4.79 Å². The normalized spacial score (nSPS) is 11.9. The number of hydrogen-bond donors (Lipinski definition) is 4. The van der Waals surface area contributed by atoms with Crippen LogP contribution in [0.3, 0.4) is 0 Å². The predicted octanol–water partition coefficient (Wildman–Crippen LogP) is -0.247. The third-order valence-corrected chi connectivity index (χ3v) is 2.70. The molecule has 1 amide bonds. The van der Waals surface area contributed by atoms with Gasteiger partial charge in [0.15, 0.2) is 0 Å². The maximum atomic E-state index is 12.0. The number of amides is 1. The molecule has 104 valence electrons. The molecular formula is C13H18N2O4. The van der Waals surface area contributed by atoms with Crippen molar-refractivity contribution in [1.82, 2.24) is 5.32 Å². The molecule has 1 aromatic carbocycles. The second kappa shape index (κ2) is 7.50. The summed E-state index contributed by atoms with van der Waals surface area (Å²) in [5.74, 6) is -1.64.